The SMILES string of the molecule is C[C@@]12C(=O)N(c3ccccc3)C(=O)[C@@H]1C[C@@H]1C(=CC[C@@H]3C(=O)N(c4ccc(N5CCOCC5)cc4)C(=O)[C@@H]31)[C@@H]2c1ccc(O)c(F)c1. The van der Waals surface area contributed by atoms with Gasteiger partial charge in [-0.2, -0.15) is 0 Å². The summed E-state index contributed by atoms with van der Waals surface area (Å²) in [6, 6.07) is 20.2. The van der Waals surface area contributed by atoms with Crippen molar-refractivity contribution in [2.45, 2.75) is 25.7 Å². The number of allylic oxidation sites excluding steroid dienone is 2. The number of rotatable bonds is 4. The molecule has 5 aliphatic rings. The third-order valence-electron chi connectivity index (χ3n) is 11.1. The minimum absolute atomic E-state index is 0.206. The van der Waals surface area contributed by atoms with Crippen molar-refractivity contribution in [1.29, 1.82) is 0 Å². The Morgan fingerprint density at radius 2 is 1.49 bits per heavy atom. The molecule has 4 amide bonds. The molecule has 3 aliphatic heterocycles. The first-order valence-corrected chi connectivity index (χ1v) is 16.1. The first kappa shape index (κ1) is 29.6. The van der Waals surface area contributed by atoms with Gasteiger partial charge in [0.05, 0.1) is 47.8 Å². The maximum atomic E-state index is 14.9. The van der Waals surface area contributed by atoms with Crippen LogP contribution in [0.5, 0.6) is 5.75 Å². The Bertz CT molecular complexity index is 1840. The molecule has 10 heteroatoms. The monoisotopic (exact) mass is 635 g/mol. The number of benzene rings is 3. The number of halogens is 1. The largest absolute Gasteiger partial charge is 0.505 e. The minimum atomic E-state index is -1.29. The second-order valence-corrected chi connectivity index (χ2v) is 13.3. The van der Waals surface area contributed by atoms with Gasteiger partial charge in [-0.1, -0.05) is 35.9 Å². The van der Waals surface area contributed by atoms with E-state index in [9.17, 15) is 28.7 Å². The second-order valence-electron chi connectivity index (χ2n) is 13.3. The van der Waals surface area contributed by atoms with Gasteiger partial charge in [0.25, 0.3) is 0 Å². The average Bonchev–Trinajstić information content (AvgIpc) is 3.46. The van der Waals surface area contributed by atoms with E-state index in [2.05, 4.69) is 4.90 Å². The molecule has 4 fully saturated rings. The molecule has 0 radical (unpaired) electrons. The second kappa shape index (κ2) is 10.9. The summed E-state index contributed by atoms with van der Waals surface area (Å²) in [5.41, 5.74) is 1.84. The van der Waals surface area contributed by atoms with E-state index in [1.54, 1.807) is 55.5 Å². The van der Waals surface area contributed by atoms with E-state index in [1.807, 2.05) is 18.2 Å². The van der Waals surface area contributed by atoms with Gasteiger partial charge in [0, 0.05) is 24.7 Å². The van der Waals surface area contributed by atoms with E-state index in [0.29, 0.717) is 30.2 Å². The van der Waals surface area contributed by atoms with Gasteiger partial charge in [-0.25, -0.2) is 9.29 Å². The lowest BCUT2D eigenvalue weighted by atomic mass is 9.51. The third-order valence-corrected chi connectivity index (χ3v) is 11.1. The van der Waals surface area contributed by atoms with E-state index in [0.717, 1.165) is 24.4 Å². The molecule has 0 spiro atoms. The molecule has 1 N–H and O–H groups in total. The average molecular weight is 636 g/mol. The maximum absolute atomic E-state index is 14.9. The summed E-state index contributed by atoms with van der Waals surface area (Å²) in [7, 11) is 0. The fraction of sp³-hybridized carbons (Fsp3) is 0.351. The number of hydrogen-bond acceptors (Lipinski definition) is 7. The van der Waals surface area contributed by atoms with Crippen molar-refractivity contribution in [3.63, 3.8) is 0 Å². The van der Waals surface area contributed by atoms with E-state index in [-0.39, 0.29) is 30.6 Å². The lowest BCUT2D eigenvalue weighted by molar-refractivity contribution is -0.131. The Morgan fingerprint density at radius 3 is 2.19 bits per heavy atom. The third kappa shape index (κ3) is 4.30. The molecule has 0 bridgehead atoms. The highest BCUT2D eigenvalue weighted by Gasteiger charge is 2.67. The van der Waals surface area contributed by atoms with Crippen LogP contribution in [0.25, 0.3) is 0 Å². The number of carbonyl (C=O) groups excluding carboxylic acids is 4. The molecule has 6 atom stereocenters. The Labute approximate surface area is 271 Å². The Hall–Kier alpha value is -4.83. The van der Waals surface area contributed by atoms with Crippen LogP contribution in [0.4, 0.5) is 21.5 Å². The number of phenols is 1. The molecule has 3 heterocycles. The first-order valence-electron chi connectivity index (χ1n) is 16.1. The van der Waals surface area contributed by atoms with Gasteiger partial charge in [0.2, 0.25) is 23.6 Å². The number of phenolic OH excluding ortho intramolecular Hbond substituents is 1. The van der Waals surface area contributed by atoms with Crippen LogP contribution < -0.4 is 14.7 Å². The van der Waals surface area contributed by atoms with Crippen LogP contribution in [0.3, 0.4) is 0 Å². The van der Waals surface area contributed by atoms with Crippen LogP contribution >= 0.6 is 0 Å². The highest BCUT2D eigenvalue weighted by atomic mass is 19.1. The summed E-state index contributed by atoms with van der Waals surface area (Å²) in [4.78, 5) is 61.6. The van der Waals surface area contributed by atoms with Gasteiger partial charge in [0.15, 0.2) is 11.6 Å². The van der Waals surface area contributed by atoms with Gasteiger partial charge in [-0.3, -0.25) is 24.1 Å². The Balaban J connectivity index is 1.19. The number of anilines is 3. The molecule has 3 saturated heterocycles. The number of hydrogen-bond donors (Lipinski definition) is 1. The number of imide groups is 2. The van der Waals surface area contributed by atoms with Crippen LogP contribution in [0.1, 0.15) is 31.2 Å². The van der Waals surface area contributed by atoms with Crippen LogP contribution in [-0.2, 0) is 23.9 Å². The van der Waals surface area contributed by atoms with Crippen LogP contribution in [0.15, 0.2) is 84.4 Å². The lowest BCUT2D eigenvalue weighted by Gasteiger charge is -2.49. The van der Waals surface area contributed by atoms with Crippen molar-refractivity contribution >= 4 is 40.7 Å². The zero-order valence-electron chi connectivity index (χ0n) is 25.8. The predicted molar refractivity (Wildman–Crippen MR) is 171 cm³/mol. The van der Waals surface area contributed by atoms with Gasteiger partial charge in [-0.15, -0.1) is 0 Å². The van der Waals surface area contributed by atoms with Crippen molar-refractivity contribution < 1.29 is 33.4 Å². The predicted octanol–water partition coefficient (Wildman–Crippen LogP) is 4.80. The number of carbonyl (C=O) groups is 4. The van der Waals surface area contributed by atoms with E-state index >= 15 is 0 Å². The molecule has 3 aromatic carbocycles. The highest BCUT2D eigenvalue weighted by molar-refractivity contribution is 6.25. The number of nitrogens with zero attached hydrogens (tertiary/aromatic N) is 3. The quantitative estimate of drug-likeness (QED) is 0.324. The van der Waals surface area contributed by atoms with Crippen LogP contribution in [0, 0.1) is 34.9 Å². The zero-order valence-corrected chi connectivity index (χ0v) is 25.8. The molecule has 0 aromatic heterocycles. The smallest absolute Gasteiger partial charge is 0.241 e. The molecular weight excluding hydrogens is 601 g/mol. The van der Waals surface area contributed by atoms with E-state index < -0.39 is 52.5 Å². The number of morpholine rings is 1. The summed E-state index contributed by atoms with van der Waals surface area (Å²) in [5.74, 6) is -6.17. The van der Waals surface area contributed by atoms with Crippen molar-refractivity contribution in [2.75, 3.05) is 41.0 Å². The van der Waals surface area contributed by atoms with Gasteiger partial charge >= 0.3 is 0 Å². The van der Waals surface area contributed by atoms with Crippen molar-refractivity contribution in [3.05, 3.63) is 95.8 Å². The molecular formula is C37H34FN3O6. The molecule has 8 rings (SSSR count). The summed E-state index contributed by atoms with van der Waals surface area (Å²) in [5, 5.41) is 10.0. The van der Waals surface area contributed by atoms with Gasteiger partial charge in [0.1, 0.15) is 0 Å². The number of fused-ring (bicyclic) bond motifs is 4. The zero-order chi connectivity index (χ0) is 32.6. The fourth-order valence-electron chi connectivity index (χ4n) is 8.81. The molecule has 47 heavy (non-hydrogen) atoms. The number of para-hydroxylation sites is 1. The highest BCUT2D eigenvalue weighted by Crippen LogP contribution is 2.63. The van der Waals surface area contributed by atoms with Crippen LogP contribution in [-0.4, -0.2) is 55.0 Å². The standard InChI is InChI=1S/C37H34FN3O6/c1-37-28(34(44)41(36(37)46)23-5-3-2-4-6-23)20-27-25(32(37)21-7-14-30(42)29(38)19-21)12-13-26-31(27)35(45)40(33(26)43)24-10-8-22(9-11-24)39-15-17-47-18-16-39/h2-12,14,19,26-28,31-32,42H,13,15-18,20H2,1H3/t26-,27+,28-,31-,32-,37+/m0/s1. The molecule has 3 aromatic rings. The van der Waals surface area contributed by atoms with Gasteiger partial charge in [-0.05, 0) is 79.8 Å². The lowest BCUT2D eigenvalue weighted by Crippen LogP contribution is -2.48. The molecule has 0 unspecified atom stereocenters. The van der Waals surface area contributed by atoms with E-state index in [4.69, 9.17) is 4.74 Å². The van der Waals surface area contributed by atoms with Crippen molar-refractivity contribution in [3.8, 4) is 5.75 Å². The van der Waals surface area contributed by atoms with Crippen molar-refractivity contribution in [2.24, 2.45) is 29.1 Å². The Morgan fingerprint density at radius 1 is 0.809 bits per heavy atom. The Kier molecular flexibility index (Phi) is 6.84. The molecule has 2 aliphatic carbocycles. The molecule has 1 saturated carbocycles. The molecule has 240 valence electrons. The van der Waals surface area contributed by atoms with Gasteiger partial charge < -0.3 is 14.7 Å². The number of aromatic hydroxyl groups is 1. The summed E-state index contributed by atoms with van der Waals surface area (Å²) < 4.78 is 20.4. The summed E-state index contributed by atoms with van der Waals surface area (Å²) in [6.07, 6.45) is 2.42. The maximum Gasteiger partial charge on any atom is 0.241 e. The normalized spacial score (nSPS) is 30.3. The van der Waals surface area contributed by atoms with Crippen LogP contribution in [0.2, 0.25) is 0 Å². The summed E-state index contributed by atoms with van der Waals surface area (Å²) >= 11 is 0. The fourth-order valence-corrected chi connectivity index (χ4v) is 8.81. The number of amides is 4. The van der Waals surface area contributed by atoms with E-state index in [1.165, 1.54) is 21.9 Å². The number of ether oxygens (including phenoxy) is 1. The first-order chi connectivity index (χ1) is 22.7. The molecule has 9 nitrogen and oxygen atoms in total. The summed E-state index contributed by atoms with van der Waals surface area (Å²) in [6.45, 7) is 4.55. The minimum Gasteiger partial charge on any atom is -0.505 e. The topological polar surface area (TPSA) is 107 Å². The van der Waals surface area contributed by atoms with Crippen molar-refractivity contribution in [1.82, 2.24) is 0 Å².